The van der Waals surface area contributed by atoms with Crippen LogP contribution in [-0.4, -0.2) is 33.2 Å². The molecule has 1 aliphatic rings. The number of nitrogens with zero attached hydrogens (tertiary/aromatic N) is 3. The van der Waals surface area contributed by atoms with E-state index in [0.717, 1.165) is 22.6 Å². The highest BCUT2D eigenvalue weighted by Crippen LogP contribution is 2.32. The molecule has 2 heterocycles. The number of nitrogens with one attached hydrogen (secondary N) is 1. The van der Waals surface area contributed by atoms with Gasteiger partial charge in [-0.3, -0.25) is 9.36 Å². The molecular weight excluding hydrogens is 460 g/mol. The third-order valence-electron chi connectivity index (χ3n) is 5.01. The average molecular weight is 479 g/mol. The van der Waals surface area contributed by atoms with Gasteiger partial charge >= 0.3 is 0 Å². The lowest BCUT2D eigenvalue weighted by atomic mass is 10.2. The SMILES string of the molecule is O=C(CSc1nnc(-c2ccc(Cl)cc2)n1-c1ccccc1)NCc1ccc2c(c1)OCO2. The van der Waals surface area contributed by atoms with Crippen LogP contribution in [0.4, 0.5) is 0 Å². The summed E-state index contributed by atoms with van der Waals surface area (Å²) >= 11 is 7.37. The quantitative estimate of drug-likeness (QED) is 0.387. The molecule has 0 spiro atoms. The molecule has 1 aliphatic heterocycles. The van der Waals surface area contributed by atoms with Gasteiger partial charge in [0.25, 0.3) is 0 Å². The van der Waals surface area contributed by atoms with Crippen molar-refractivity contribution in [2.75, 3.05) is 12.5 Å². The first-order valence-electron chi connectivity index (χ1n) is 10.2. The predicted molar refractivity (Wildman–Crippen MR) is 127 cm³/mol. The molecule has 4 aromatic rings. The average Bonchev–Trinajstić information content (AvgIpc) is 3.49. The van der Waals surface area contributed by atoms with Crippen LogP contribution in [0, 0.1) is 0 Å². The summed E-state index contributed by atoms with van der Waals surface area (Å²) in [4.78, 5) is 12.5. The fraction of sp³-hybridized carbons (Fsp3) is 0.125. The summed E-state index contributed by atoms with van der Waals surface area (Å²) in [5.74, 6) is 2.20. The number of ether oxygens (including phenoxy) is 2. The van der Waals surface area contributed by atoms with E-state index in [0.29, 0.717) is 28.3 Å². The van der Waals surface area contributed by atoms with Crippen LogP contribution in [0.3, 0.4) is 0 Å². The third kappa shape index (κ3) is 4.81. The van der Waals surface area contributed by atoms with Crippen molar-refractivity contribution in [1.29, 1.82) is 0 Å². The highest BCUT2D eigenvalue weighted by atomic mass is 35.5. The standard InChI is InChI=1S/C24H19ClN4O3S/c25-18-9-7-17(8-10-18)23-27-28-24(29(23)19-4-2-1-3-5-19)33-14-22(30)26-13-16-6-11-20-21(12-16)32-15-31-20/h1-12H,13-15H2,(H,26,30). The fourth-order valence-corrected chi connectivity index (χ4v) is 4.30. The van der Waals surface area contributed by atoms with Crippen molar-refractivity contribution < 1.29 is 14.3 Å². The summed E-state index contributed by atoms with van der Waals surface area (Å²) in [5, 5.41) is 13.0. The molecule has 9 heteroatoms. The lowest BCUT2D eigenvalue weighted by Crippen LogP contribution is -2.24. The highest BCUT2D eigenvalue weighted by molar-refractivity contribution is 7.99. The number of amides is 1. The molecule has 3 aromatic carbocycles. The number of fused-ring (bicyclic) bond motifs is 1. The zero-order valence-electron chi connectivity index (χ0n) is 17.4. The Hall–Kier alpha value is -3.49. The van der Waals surface area contributed by atoms with Crippen LogP contribution in [0.15, 0.2) is 78.0 Å². The predicted octanol–water partition coefficient (Wildman–Crippen LogP) is 4.72. The number of carbonyl (C=O) groups is 1. The number of carbonyl (C=O) groups excluding carboxylic acids is 1. The third-order valence-corrected chi connectivity index (χ3v) is 6.19. The van der Waals surface area contributed by atoms with Gasteiger partial charge in [-0.05, 0) is 54.1 Å². The molecule has 0 saturated carbocycles. The molecule has 33 heavy (non-hydrogen) atoms. The second kappa shape index (κ2) is 9.56. The van der Waals surface area contributed by atoms with Crippen molar-refractivity contribution in [2.24, 2.45) is 0 Å². The number of rotatable bonds is 7. The van der Waals surface area contributed by atoms with E-state index in [1.165, 1.54) is 11.8 Å². The van der Waals surface area contributed by atoms with Crippen LogP contribution in [0.5, 0.6) is 11.5 Å². The van der Waals surface area contributed by atoms with Gasteiger partial charge in [-0.2, -0.15) is 0 Å². The van der Waals surface area contributed by atoms with E-state index in [1.54, 1.807) is 0 Å². The second-order valence-corrected chi connectivity index (χ2v) is 8.62. The largest absolute Gasteiger partial charge is 0.454 e. The molecule has 1 amide bonds. The second-order valence-electron chi connectivity index (χ2n) is 7.24. The van der Waals surface area contributed by atoms with Crippen LogP contribution < -0.4 is 14.8 Å². The molecule has 0 radical (unpaired) electrons. The molecule has 1 N–H and O–H groups in total. The van der Waals surface area contributed by atoms with Crippen molar-refractivity contribution in [1.82, 2.24) is 20.1 Å². The van der Waals surface area contributed by atoms with E-state index < -0.39 is 0 Å². The number of hydrogen-bond donors (Lipinski definition) is 1. The maximum atomic E-state index is 12.5. The first kappa shape index (κ1) is 21.4. The van der Waals surface area contributed by atoms with Crippen LogP contribution in [0.1, 0.15) is 5.56 Å². The fourth-order valence-electron chi connectivity index (χ4n) is 3.39. The Balaban J connectivity index is 1.30. The van der Waals surface area contributed by atoms with Gasteiger partial charge in [-0.25, -0.2) is 0 Å². The Morgan fingerprint density at radius 2 is 1.79 bits per heavy atom. The first-order valence-corrected chi connectivity index (χ1v) is 11.6. The van der Waals surface area contributed by atoms with Crippen molar-refractivity contribution in [3.8, 4) is 28.6 Å². The number of para-hydroxylation sites is 1. The Kier molecular flexibility index (Phi) is 6.19. The first-order chi connectivity index (χ1) is 16.2. The van der Waals surface area contributed by atoms with Gasteiger partial charge in [0, 0.05) is 22.8 Å². The Morgan fingerprint density at radius 1 is 1.00 bits per heavy atom. The van der Waals surface area contributed by atoms with E-state index in [2.05, 4.69) is 15.5 Å². The Morgan fingerprint density at radius 3 is 2.61 bits per heavy atom. The molecule has 1 aromatic heterocycles. The minimum Gasteiger partial charge on any atom is -0.454 e. The Labute approximate surface area is 199 Å². The molecule has 0 aliphatic carbocycles. The molecule has 0 unspecified atom stereocenters. The summed E-state index contributed by atoms with van der Waals surface area (Å²) in [5.41, 5.74) is 2.74. The molecule has 0 atom stereocenters. The van der Waals surface area contributed by atoms with E-state index in [-0.39, 0.29) is 18.5 Å². The van der Waals surface area contributed by atoms with E-state index in [9.17, 15) is 4.79 Å². The maximum Gasteiger partial charge on any atom is 0.231 e. The molecule has 7 nitrogen and oxygen atoms in total. The van der Waals surface area contributed by atoms with E-state index in [1.807, 2.05) is 77.4 Å². The van der Waals surface area contributed by atoms with Gasteiger partial charge in [0.2, 0.25) is 12.7 Å². The lowest BCUT2D eigenvalue weighted by Gasteiger charge is -2.10. The van der Waals surface area contributed by atoms with Crippen LogP contribution in [0.2, 0.25) is 5.02 Å². The van der Waals surface area contributed by atoms with Gasteiger partial charge in [-0.1, -0.05) is 47.6 Å². The van der Waals surface area contributed by atoms with Gasteiger partial charge in [0.05, 0.1) is 5.75 Å². The number of aromatic nitrogens is 3. The molecule has 166 valence electrons. The zero-order valence-corrected chi connectivity index (χ0v) is 19.0. The Bertz CT molecular complexity index is 1280. The minimum atomic E-state index is -0.103. The molecule has 0 fully saturated rings. The summed E-state index contributed by atoms with van der Waals surface area (Å²) in [6.45, 7) is 0.624. The number of thioether (sulfide) groups is 1. The van der Waals surface area contributed by atoms with Crippen molar-refractivity contribution in [3.05, 3.63) is 83.4 Å². The molecular formula is C24H19ClN4O3S. The van der Waals surface area contributed by atoms with Gasteiger partial charge in [0.15, 0.2) is 22.5 Å². The van der Waals surface area contributed by atoms with Crippen LogP contribution >= 0.6 is 23.4 Å². The van der Waals surface area contributed by atoms with E-state index >= 15 is 0 Å². The summed E-state index contributed by atoms with van der Waals surface area (Å²) in [6.07, 6.45) is 0. The van der Waals surface area contributed by atoms with Gasteiger partial charge in [0.1, 0.15) is 0 Å². The molecule has 5 rings (SSSR count). The highest BCUT2D eigenvalue weighted by Gasteiger charge is 2.18. The summed E-state index contributed by atoms with van der Waals surface area (Å²) in [7, 11) is 0. The van der Waals surface area contributed by atoms with Crippen molar-refractivity contribution in [3.63, 3.8) is 0 Å². The van der Waals surface area contributed by atoms with E-state index in [4.69, 9.17) is 21.1 Å². The molecule has 0 bridgehead atoms. The number of halogens is 1. The summed E-state index contributed by atoms with van der Waals surface area (Å²) in [6, 6.07) is 22.9. The minimum absolute atomic E-state index is 0.103. The summed E-state index contributed by atoms with van der Waals surface area (Å²) < 4.78 is 12.7. The van der Waals surface area contributed by atoms with Crippen molar-refractivity contribution in [2.45, 2.75) is 11.7 Å². The number of hydrogen-bond acceptors (Lipinski definition) is 6. The lowest BCUT2D eigenvalue weighted by molar-refractivity contribution is -0.118. The van der Waals surface area contributed by atoms with Crippen LogP contribution in [-0.2, 0) is 11.3 Å². The zero-order chi connectivity index (χ0) is 22.6. The van der Waals surface area contributed by atoms with Gasteiger partial charge in [-0.15, -0.1) is 10.2 Å². The van der Waals surface area contributed by atoms with Gasteiger partial charge < -0.3 is 14.8 Å². The molecule has 0 saturated heterocycles. The monoisotopic (exact) mass is 478 g/mol. The van der Waals surface area contributed by atoms with Crippen molar-refractivity contribution >= 4 is 29.3 Å². The smallest absolute Gasteiger partial charge is 0.231 e. The topological polar surface area (TPSA) is 78.3 Å². The normalized spacial score (nSPS) is 12.0. The van der Waals surface area contributed by atoms with Crippen LogP contribution in [0.25, 0.3) is 17.1 Å². The number of benzene rings is 3. The maximum absolute atomic E-state index is 12.5.